The smallest absolute Gasteiger partial charge is 0.220 e. The van der Waals surface area contributed by atoms with Crippen molar-refractivity contribution in [1.82, 2.24) is 16.0 Å². The Kier molecular flexibility index (Phi) is 29.8. The Labute approximate surface area is 312 Å². The number of nitrogens with one attached hydrogen (secondary N) is 3. The van der Waals surface area contributed by atoms with E-state index in [9.17, 15) is 15.0 Å². The maximum atomic E-state index is 12.3. The topological polar surface area (TPSA) is 93.6 Å². The van der Waals surface area contributed by atoms with E-state index in [1.807, 2.05) is 10.8 Å². The van der Waals surface area contributed by atoms with Gasteiger partial charge < -0.3 is 26.2 Å². The highest BCUT2D eigenvalue weighted by Crippen LogP contribution is 2.37. The molecule has 0 saturated heterocycles. The number of carbonyl (C=O) groups excluding carboxylic acids is 1. The number of amides is 1. The van der Waals surface area contributed by atoms with Gasteiger partial charge >= 0.3 is 0 Å². The van der Waals surface area contributed by atoms with Crippen molar-refractivity contribution in [3.05, 3.63) is 109 Å². The molecular formula is C42H67N3O3S2. The van der Waals surface area contributed by atoms with Crippen LogP contribution in [0.4, 0.5) is 0 Å². The second kappa shape index (κ2) is 32.6. The Morgan fingerprint density at radius 3 is 1.88 bits per heavy atom. The standard InChI is InChI=1S/C42H67N3O3S2/c1-4-5-6-7-8-9-10-11-12-13-14-15-16-17-18-19-20-21-25-31-41(48)44-33-34-49-50-42(2,3)40(35-45-39(36-46)37-47)43-32-27-26-30-38-28-23-22-24-29-38/h5-6,8-9,11-12,14-15,17-18,20-24,28-29,39-40,43,45-47H,4,7,10,13,16,19,25-27,30-37H2,1-3H3,(H,44,48)/b6-5-,9-8-,12-11-,15-14-,18-17-,21-20-/t40-/m1/s1. The van der Waals surface area contributed by atoms with Crippen molar-refractivity contribution in [1.29, 1.82) is 0 Å². The molecule has 0 bridgehead atoms. The fraction of sp³-hybridized carbons (Fsp3) is 0.548. The molecule has 0 aliphatic carbocycles. The zero-order chi connectivity index (χ0) is 36.4. The number of aryl methyl sites for hydroxylation is 1. The van der Waals surface area contributed by atoms with Gasteiger partial charge in [-0.15, -0.1) is 0 Å². The number of carbonyl (C=O) groups is 1. The predicted octanol–water partition coefficient (Wildman–Crippen LogP) is 8.66. The normalized spacial score (nSPS) is 13.5. The molecule has 1 rings (SSSR count). The minimum atomic E-state index is -0.325. The Morgan fingerprint density at radius 2 is 1.32 bits per heavy atom. The van der Waals surface area contributed by atoms with E-state index in [1.165, 1.54) is 5.56 Å². The van der Waals surface area contributed by atoms with Crippen molar-refractivity contribution < 1.29 is 15.0 Å². The average molecular weight is 726 g/mol. The van der Waals surface area contributed by atoms with Crippen LogP contribution in [0.1, 0.15) is 90.5 Å². The van der Waals surface area contributed by atoms with E-state index in [0.29, 0.717) is 19.5 Å². The van der Waals surface area contributed by atoms with Crippen molar-refractivity contribution >= 4 is 27.5 Å². The van der Waals surface area contributed by atoms with Gasteiger partial charge in [0.05, 0.1) is 19.3 Å². The molecule has 8 heteroatoms. The van der Waals surface area contributed by atoms with E-state index in [0.717, 1.165) is 76.5 Å². The molecule has 6 nitrogen and oxygen atoms in total. The summed E-state index contributed by atoms with van der Waals surface area (Å²) in [7, 11) is 3.59. The first-order valence-electron chi connectivity index (χ1n) is 18.6. The molecule has 0 saturated carbocycles. The SMILES string of the molecule is CC/C=C\C/C=C\C/C=C\C/C=C\C/C=C\C/C=C\CCC(=O)NCCSSC(C)(C)[C@@H](CNC(CO)CO)NCCCCc1ccccc1. The van der Waals surface area contributed by atoms with E-state index < -0.39 is 0 Å². The molecule has 1 atom stereocenters. The van der Waals surface area contributed by atoms with Gasteiger partial charge in [-0.05, 0) is 90.2 Å². The van der Waals surface area contributed by atoms with Crippen LogP contribution in [0.2, 0.25) is 0 Å². The Hall–Kier alpha value is -2.33. The molecule has 0 heterocycles. The van der Waals surface area contributed by atoms with Crippen LogP contribution >= 0.6 is 21.6 Å². The van der Waals surface area contributed by atoms with Crippen LogP contribution < -0.4 is 16.0 Å². The van der Waals surface area contributed by atoms with E-state index >= 15 is 0 Å². The molecule has 1 amide bonds. The van der Waals surface area contributed by atoms with Crippen LogP contribution in [-0.2, 0) is 11.2 Å². The third-order valence-corrected chi connectivity index (χ3v) is 11.3. The van der Waals surface area contributed by atoms with Gasteiger partial charge in [-0.3, -0.25) is 4.79 Å². The van der Waals surface area contributed by atoms with Gasteiger partial charge in [0.1, 0.15) is 0 Å². The first-order valence-corrected chi connectivity index (χ1v) is 20.9. The molecule has 0 aromatic heterocycles. The van der Waals surface area contributed by atoms with Crippen molar-refractivity contribution in [2.45, 2.75) is 108 Å². The third-order valence-electron chi connectivity index (χ3n) is 7.93. The number of benzene rings is 1. The molecule has 1 aromatic carbocycles. The minimum absolute atomic E-state index is 0.0904. The Balaban J connectivity index is 2.20. The number of rotatable bonds is 31. The lowest BCUT2D eigenvalue weighted by Gasteiger charge is -2.35. The highest BCUT2D eigenvalue weighted by molar-refractivity contribution is 8.77. The summed E-state index contributed by atoms with van der Waals surface area (Å²) in [5.74, 6) is 0.917. The van der Waals surface area contributed by atoms with E-state index in [4.69, 9.17) is 0 Å². The summed E-state index contributed by atoms with van der Waals surface area (Å²) in [5.41, 5.74) is 1.37. The Morgan fingerprint density at radius 1 is 0.760 bits per heavy atom. The fourth-order valence-electron chi connectivity index (χ4n) is 4.84. The number of aliphatic hydroxyl groups excluding tert-OH is 2. The summed E-state index contributed by atoms with van der Waals surface area (Å²) in [5, 5.41) is 29.1. The first kappa shape index (κ1) is 45.7. The number of hydrogen-bond acceptors (Lipinski definition) is 7. The van der Waals surface area contributed by atoms with Gasteiger partial charge in [0.15, 0.2) is 0 Å². The molecule has 0 radical (unpaired) electrons. The van der Waals surface area contributed by atoms with Crippen molar-refractivity contribution in [3.8, 4) is 0 Å². The summed E-state index contributed by atoms with van der Waals surface area (Å²) < 4.78 is -0.105. The summed E-state index contributed by atoms with van der Waals surface area (Å²) in [6.45, 7) is 8.62. The van der Waals surface area contributed by atoms with Gasteiger partial charge in [-0.2, -0.15) is 0 Å². The molecule has 1 aromatic rings. The Bertz CT molecular complexity index is 1130. The largest absolute Gasteiger partial charge is 0.395 e. The number of allylic oxidation sites excluding steroid dienone is 12. The van der Waals surface area contributed by atoms with Crippen LogP contribution in [0.25, 0.3) is 0 Å². The number of unbranched alkanes of at least 4 members (excludes halogenated alkanes) is 1. The summed E-state index contributed by atoms with van der Waals surface area (Å²) in [4.78, 5) is 12.3. The fourth-order valence-corrected chi connectivity index (χ4v) is 7.45. The lowest BCUT2D eigenvalue weighted by atomic mass is 10.0. The van der Waals surface area contributed by atoms with E-state index in [2.05, 4.69) is 140 Å². The molecule has 0 aliphatic rings. The summed E-state index contributed by atoms with van der Waals surface area (Å²) >= 11 is 0. The van der Waals surface area contributed by atoms with Crippen LogP contribution in [0, 0.1) is 0 Å². The highest BCUT2D eigenvalue weighted by atomic mass is 33.1. The van der Waals surface area contributed by atoms with Crippen LogP contribution in [0.3, 0.4) is 0 Å². The maximum absolute atomic E-state index is 12.3. The minimum Gasteiger partial charge on any atom is -0.395 e. The van der Waals surface area contributed by atoms with Crippen molar-refractivity contribution in [2.75, 3.05) is 38.6 Å². The van der Waals surface area contributed by atoms with Gasteiger partial charge in [0.25, 0.3) is 0 Å². The first-order chi connectivity index (χ1) is 24.4. The molecule has 0 fully saturated rings. The molecule has 280 valence electrons. The molecular weight excluding hydrogens is 659 g/mol. The van der Waals surface area contributed by atoms with Crippen LogP contribution in [-0.4, -0.2) is 71.6 Å². The molecule has 0 spiro atoms. The zero-order valence-electron chi connectivity index (χ0n) is 31.1. The third kappa shape index (κ3) is 26.5. The van der Waals surface area contributed by atoms with Crippen LogP contribution in [0.15, 0.2) is 103 Å². The van der Waals surface area contributed by atoms with Gasteiger partial charge in [-0.1, -0.05) is 132 Å². The second-order valence-electron chi connectivity index (χ2n) is 12.7. The molecule has 50 heavy (non-hydrogen) atoms. The number of aliphatic hydroxyl groups is 2. The predicted molar refractivity (Wildman–Crippen MR) is 222 cm³/mol. The second-order valence-corrected chi connectivity index (χ2v) is 15.8. The summed E-state index contributed by atoms with van der Waals surface area (Å²) in [6.07, 6.45) is 36.7. The molecule has 0 aliphatic heterocycles. The summed E-state index contributed by atoms with van der Waals surface area (Å²) in [6, 6.07) is 10.4. The van der Waals surface area contributed by atoms with Crippen LogP contribution in [0.5, 0.6) is 0 Å². The average Bonchev–Trinajstić information content (AvgIpc) is 3.12. The monoisotopic (exact) mass is 725 g/mol. The van der Waals surface area contributed by atoms with E-state index in [1.54, 1.807) is 10.8 Å². The lowest BCUT2D eigenvalue weighted by Crippen LogP contribution is -2.53. The molecule has 5 N–H and O–H groups in total. The highest BCUT2D eigenvalue weighted by Gasteiger charge is 2.30. The van der Waals surface area contributed by atoms with Crippen molar-refractivity contribution in [2.24, 2.45) is 0 Å². The molecule has 0 unspecified atom stereocenters. The van der Waals surface area contributed by atoms with Crippen molar-refractivity contribution in [3.63, 3.8) is 0 Å². The van der Waals surface area contributed by atoms with Gasteiger partial charge in [0, 0.05) is 36.1 Å². The maximum Gasteiger partial charge on any atom is 0.220 e. The lowest BCUT2D eigenvalue weighted by molar-refractivity contribution is -0.120. The quantitative estimate of drug-likeness (QED) is 0.0297. The van der Waals surface area contributed by atoms with Gasteiger partial charge in [0.2, 0.25) is 5.91 Å². The van der Waals surface area contributed by atoms with E-state index in [-0.39, 0.29) is 36.0 Å². The van der Waals surface area contributed by atoms with Gasteiger partial charge in [-0.25, -0.2) is 0 Å². The number of hydrogen-bond donors (Lipinski definition) is 5. The zero-order valence-corrected chi connectivity index (χ0v) is 32.7.